The van der Waals surface area contributed by atoms with E-state index in [0.717, 1.165) is 5.56 Å². The average Bonchev–Trinajstić information content (AvgIpc) is 3.55. The van der Waals surface area contributed by atoms with Crippen molar-refractivity contribution in [2.45, 2.75) is 82.3 Å². The van der Waals surface area contributed by atoms with E-state index in [1.54, 1.807) is 0 Å². The first-order chi connectivity index (χ1) is 17.8. The van der Waals surface area contributed by atoms with Crippen LogP contribution < -0.4 is 0 Å². The quantitative estimate of drug-likeness (QED) is 0.352. The van der Waals surface area contributed by atoms with E-state index >= 15 is 0 Å². The normalized spacial score (nSPS) is 51.8. The van der Waals surface area contributed by atoms with Crippen molar-refractivity contribution in [1.82, 2.24) is 0 Å². The van der Waals surface area contributed by atoms with Crippen molar-refractivity contribution in [1.29, 1.82) is 0 Å². The Kier molecular flexibility index (Phi) is 4.47. The van der Waals surface area contributed by atoms with Crippen LogP contribution in [0.4, 0.5) is 0 Å². The summed E-state index contributed by atoms with van der Waals surface area (Å²) in [5.74, 6) is -4.79. The molecule has 1 aromatic carbocycles. The first kappa shape index (κ1) is 24.5. The van der Waals surface area contributed by atoms with Crippen LogP contribution in [0.5, 0.6) is 0 Å². The second kappa shape index (κ2) is 6.95. The summed E-state index contributed by atoms with van der Waals surface area (Å²) >= 11 is 0. The lowest BCUT2D eigenvalue weighted by molar-refractivity contribution is -0.240. The third-order valence-electron chi connectivity index (χ3n) is 10.2. The number of carbonyl (C=O) groups excluding carboxylic acids is 3. The Balaban J connectivity index is 1.50. The monoisotopic (exact) mass is 530 g/mol. The minimum Gasteiger partial charge on any atom is -0.456 e. The molecule has 4 saturated heterocycles. The molecule has 6 unspecified atom stereocenters. The van der Waals surface area contributed by atoms with Gasteiger partial charge in [-0.25, -0.2) is 9.59 Å². The van der Waals surface area contributed by atoms with Crippen LogP contribution in [0.2, 0.25) is 0 Å². The molecule has 2 aliphatic carbocycles. The van der Waals surface area contributed by atoms with Crippen molar-refractivity contribution in [3.05, 3.63) is 35.9 Å². The van der Waals surface area contributed by atoms with E-state index < -0.39 is 94.0 Å². The van der Waals surface area contributed by atoms with E-state index in [1.807, 2.05) is 51.1 Å². The van der Waals surface area contributed by atoms with Gasteiger partial charge in [0.15, 0.2) is 17.8 Å². The number of aliphatic hydroxyl groups is 3. The zero-order valence-corrected chi connectivity index (χ0v) is 21.3. The first-order valence-corrected chi connectivity index (χ1v) is 12.9. The molecule has 204 valence electrons. The van der Waals surface area contributed by atoms with Crippen molar-refractivity contribution in [2.75, 3.05) is 0 Å². The van der Waals surface area contributed by atoms with Gasteiger partial charge < -0.3 is 39.0 Å². The van der Waals surface area contributed by atoms with Gasteiger partial charge in [-0.05, 0) is 17.9 Å². The molecular formula is C27H30O11. The van der Waals surface area contributed by atoms with E-state index in [9.17, 15) is 29.7 Å². The highest BCUT2D eigenvalue weighted by atomic mass is 16.8. The van der Waals surface area contributed by atoms with Crippen molar-refractivity contribution >= 4 is 17.9 Å². The van der Waals surface area contributed by atoms with Gasteiger partial charge in [0.05, 0.1) is 29.5 Å². The highest BCUT2D eigenvalue weighted by molar-refractivity contribution is 5.94. The zero-order chi connectivity index (χ0) is 27.2. The van der Waals surface area contributed by atoms with Gasteiger partial charge in [-0.1, -0.05) is 51.1 Å². The summed E-state index contributed by atoms with van der Waals surface area (Å²) in [5.41, 5.74) is -8.32. The van der Waals surface area contributed by atoms with E-state index in [2.05, 4.69) is 0 Å². The molecule has 11 nitrogen and oxygen atoms in total. The average molecular weight is 531 g/mol. The van der Waals surface area contributed by atoms with Gasteiger partial charge in [0.25, 0.3) is 0 Å². The molecule has 4 heterocycles. The first-order valence-electron chi connectivity index (χ1n) is 12.9. The molecule has 2 saturated carbocycles. The lowest BCUT2D eigenvalue weighted by atomic mass is 9.51. The summed E-state index contributed by atoms with van der Waals surface area (Å²) < 4.78 is 29.6. The van der Waals surface area contributed by atoms with Crippen LogP contribution >= 0.6 is 0 Å². The number of hydrogen-bond donors (Lipinski definition) is 3. The highest BCUT2D eigenvalue weighted by Crippen LogP contribution is 2.84. The van der Waals surface area contributed by atoms with Gasteiger partial charge in [-0.3, -0.25) is 4.79 Å². The van der Waals surface area contributed by atoms with Gasteiger partial charge in [0.2, 0.25) is 11.9 Å². The summed E-state index contributed by atoms with van der Waals surface area (Å²) in [7, 11) is 0. The molecule has 7 rings (SSSR count). The van der Waals surface area contributed by atoms with Crippen LogP contribution in [0, 0.1) is 28.1 Å². The minimum absolute atomic E-state index is 0.0141. The Morgan fingerprint density at radius 3 is 2.32 bits per heavy atom. The van der Waals surface area contributed by atoms with Crippen LogP contribution in [-0.2, 0) is 44.7 Å². The van der Waals surface area contributed by atoms with E-state index in [0.29, 0.717) is 0 Å². The van der Waals surface area contributed by atoms with Gasteiger partial charge in [0.1, 0.15) is 12.2 Å². The molecule has 0 radical (unpaired) electrons. The Morgan fingerprint density at radius 1 is 0.974 bits per heavy atom. The molecule has 6 aliphatic rings. The maximum Gasteiger partial charge on any atom is 0.343 e. The summed E-state index contributed by atoms with van der Waals surface area (Å²) in [6.45, 7) is 6.92. The molecule has 0 aromatic heterocycles. The Bertz CT molecular complexity index is 1260. The number of carbonyl (C=O) groups is 3. The molecule has 12 atom stereocenters. The van der Waals surface area contributed by atoms with Crippen molar-refractivity contribution < 1.29 is 53.4 Å². The predicted molar refractivity (Wildman–Crippen MR) is 122 cm³/mol. The lowest BCUT2D eigenvalue weighted by Gasteiger charge is -2.48. The Hall–Kier alpha value is -2.57. The van der Waals surface area contributed by atoms with Crippen molar-refractivity contribution in [2.24, 2.45) is 28.1 Å². The molecule has 4 aliphatic heterocycles. The third-order valence-corrected chi connectivity index (χ3v) is 10.2. The second-order valence-corrected chi connectivity index (χ2v) is 12.6. The standard InChI is InChI=1S/C27H30O11/c1-11-19(30)35-17-15(29)25-16-13(28)14(23(2,3)4)24(25)18(34-10-12-8-6-5-7-9-12)20(31)37-22(24)38-27(25,21(32)36-16)26(11,17)33/h5-9,11,13-18,22,28-29,33H,10H2,1-4H3/t11-,13+,14+,15-,16?,17?,18-,22?,24?,25?,26-,27?/m1/s1. The fourth-order valence-electron chi connectivity index (χ4n) is 9.20. The smallest absolute Gasteiger partial charge is 0.343 e. The maximum atomic E-state index is 13.8. The molecule has 6 fully saturated rings. The summed E-state index contributed by atoms with van der Waals surface area (Å²) in [6, 6.07) is 9.11. The third kappa shape index (κ3) is 2.13. The number of benzene rings is 1. The summed E-state index contributed by atoms with van der Waals surface area (Å²) in [5, 5.41) is 36.1. The number of fused-ring (bicyclic) bond motifs is 1. The second-order valence-electron chi connectivity index (χ2n) is 12.6. The molecule has 2 spiro atoms. The van der Waals surface area contributed by atoms with Crippen LogP contribution in [-0.4, -0.2) is 81.2 Å². The van der Waals surface area contributed by atoms with Gasteiger partial charge in [-0.2, -0.15) is 0 Å². The molecule has 0 bridgehead atoms. The largest absolute Gasteiger partial charge is 0.456 e. The molecule has 3 N–H and O–H groups in total. The Labute approximate surface area is 217 Å². The molecule has 1 aromatic rings. The molecular weight excluding hydrogens is 500 g/mol. The number of esters is 3. The number of hydrogen-bond acceptors (Lipinski definition) is 11. The zero-order valence-electron chi connectivity index (χ0n) is 21.3. The SMILES string of the molecule is C[C@@H]1C(=O)OC2[C@@H](O)C34C5OC(=O)C3(OC3OC(=O)[C@@H](OCc6ccccc6)C34[C@H](C(C)(C)C)[C@@H]5O)[C@]21O. The van der Waals surface area contributed by atoms with Gasteiger partial charge >= 0.3 is 17.9 Å². The molecule has 0 amide bonds. The topological polar surface area (TPSA) is 158 Å². The van der Waals surface area contributed by atoms with Crippen LogP contribution in [0.1, 0.15) is 33.3 Å². The van der Waals surface area contributed by atoms with E-state index in [-0.39, 0.29) is 6.61 Å². The van der Waals surface area contributed by atoms with Gasteiger partial charge in [0, 0.05) is 5.92 Å². The molecule has 11 heteroatoms. The Morgan fingerprint density at radius 2 is 1.66 bits per heavy atom. The maximum absolute atomic E-state index is 13.8. The number of rotatable bonds is 3. The summed E-state index contributed by atoms with van der Waals surface area (Å²) in [6.07, 6.45) is -8.97. The van der Waals surface area contributed by atoms with Crippen LogP contribution in [0.25, 0.3) is 0 Å². The van der Waals surface area contributed by atoms with Gasteiger partial charge in [-0.15, -0.1) is 0 Å². The van der Waals surface area contributed by atoms with Crippen molar-refractivity contribution in [3.8, 4) is 0 Å². The number of ether oxygens (including phenoxy) is 5. The highest BCUT2D eigenvalue weighted by Gasteiger charge is 3.05. The summed E-state index contributed by atoms with van der Waals surface area (Å²) in [4.78, 5) is 40.0. The van der Waals surface area contributed by atoms with E-state index in [1.165, 1.54) is 6.92 Å². The van der Waals surface area contributed by atoms with Crippen LogP contribution in [0.3, 0.4) is 0 Å². The minimum atomic E-state index is -2.36. The fraction of sp³-hybridized carbons (Fsp3) is 0.667. The number of aliphatic hydroxyl groups excluding tert-OH is 2. The van der Waals surface area contributed by atoms with Crippen molar-refractivity contribution in [3.63, 3.8) is 0 Å². The predicted octanol–water partition coefficient (Wildman–Crippen LogP) is -0.174. The fourth-order valence-corrected chi connectivity index (χ4v) is 9.20. The van der Waals surface area contributed by atoms with Crippen LogP contribution in [0.15, 0.2) is 30.3 Å². The molecule has 38 heavy (non-hydrogen) atoms. The lowest BCUT2D eigenvalue weighted by Crippen LogP contribution is -2.67. The van der Waals surface area contributed by atoms with E-state index in [4.69, 9.17) is 23.7 Å².